The van der Waals surface area contributed by atoms with Crippen molar-refractivity contribution in [3.63, 3.8) is 0 Å². The van der Waals surface area contributed by atoms with Crippen LogP contribution in [0.15, 0.2) is 30.5 Å². The van der Waals surface area contributed by atoms with Crippen molar-refractivity contribution in [3.8, 4) is 11.4 Å². The van der Waals surface area contributed by atoms with Crippen LogP contribution in [-0.4, -0.2) is 74.9 Å². The number of methoxy groups -OCH3 is 1. The molecule has 3 heterocycles. The SMILES string of the molecule is COCCN1CCN(c2ccc(-c3ncc4c(n3)N(C)CC4)cc2)CC1. The van der Waals surface area contributed by atoms with Gasteiger partial charge in [0.2, 0.25) is 0 Å². The normalized spacial score (nSPS) is 17.6. The first-order chi connectivity index (χ1) is 12.7. The molecule has 1 fully saturated rings. The number of hydrogen-bond acceptors (Lipinski definition) is 6. The second-order valence-electron chi connectivity index (χ2n) is 7.08. The second-order valence-corrected chi connectivity index (χ2v) is 7.08. The molecule has 2 aliphatic rings. The Morgan fingerprint density at radius 3 is 2.54 bits per heavy atom. The zero-order chi connectivity index (χ0) is 17.9. The standard InChI is InChI=1S/C20H27N5O/c1-23-8-7-17-15-21-19(22-20(17)23)16-3-5-18(6-4-16)25-11-9-24(10-12-25)13-14-26-2/h3-6,15H,7-14H2,1-2H3. The van der Waals surface area contributed by atoms with Crippen molar-refractivity contribution in [2.75, 3.05) is 69.8 Å². The Labute approximate surface area is 155 Å². The fourth-order valence-electron chi connectivity index (χ4n) is 3.71. The molecule has 4 rings (SSSR count). The molecule has 0 amide bonds. The Hall–Kier alpha value is -2.18. The number of nitrogens with zero attached hydrogens (tertiary/aromatic N) is 5. The average molecular weight is 353 g/mol. The Morgan fingerprint density at radius 1 is 1.04 bits per heavy atom. The average Bonchev–Trinajstić information content (AvgIpc) is 3.07. The van der Waals surface area contributed by atoms with E-state index in [9.17, 15) is 0 Å². The number of ether oxygens (including phenoxy) is 1. The molecule has 26 heavy (non-hydrogen) atoms. The van der Waals surface area contributed by atoms with E-state index in [0.29, 0.717) is 0 Å². The highest BCUT2D eigenvalue weighted by Gasteiger charge is 2.19. The summed E-state index contributed by atoms with van der Waals surface area (Å²) in [6.07, 6.45) is 3.02. The summed E-state index contributed by atoms with van der Waals surface area (Å²) in [6.45, 7) is 7.16. The molecule has 6 nitrogen and oxygen atoms in total. The number of piperazine rings is 1. The van der Waals surface area contributed by atoms with Gasteiger partial charge in [0.25, 0.3) is 0 Å². The number of rotatable bonds is 5. The molecular weight excluding hydrogens is 326 g/mol. The predicted octanol–water partition coefficient (Wildman–Crippen LogP) is 1.90. The third kappa shape index (κ3) is 3.52. The van der Waals surface area contributed by atoms with Gasteiger partial charge in [-0.15, -0.1) is 0 Å². The van der Waals surface area contributed by atoms with Crippen molar-refractivity contribution in [1.82, 2.24) is 14.9 Å². The number of benzene rings is 1. The van der Waals surface area contributed by atoms with Gasteiger partial charge in [-0.3, -0.25) is 4.90 Å². The van der Waals surface area contributed by atoms with Gasteiger partial charge < -0.3 is 14.5 Å². The molecule has 0 spiro atoms. The van der Waals surface area contributed by atoms with Crippen LogP contribution < -0.4 is 9.80 Å². The summed E-state index contributed by atoms with van der Waals surface area (Å²) in [6, 6.07) is 8.67. The van der Waals surface area contributed by atoms with E-state index in [2.05, 4.69) is 51.0 Å². The van der Waals surface area contributed by atoms with Gasteiger partial charge in [0, 0.05) is 76.4 Å². The van der Waals surface area contributed by atoms with Crippen molar-refractivity contribution >= 4 is 11.5 Å². The molecule has 1 aromatic heterocycles. The summed E-state index contributed by atoms with van der Waals surface area (Å²) in [5, 5.41) is 0. The quantitative estimate of drug-likeness (QED) is 0.818. The molecule has 0 saturated carbocycles. The van der Waals surface area contributed by atoms with Crippen LogP contribution in [0, 0.1) is 0 Å². The van der Waals surface area contributed by atoms with Crippen molar-refractivity contribution in [1.29, 1.82) is 0 Å². The number of fused-ring (bicyclic) bond motifs is 1. The van der Waals surface area contributed by atoms with Crippen LogP contribution >= 0.6 is 0 Å². The van der Waals surface area contributed by atoms with Gasteiger partial charge in [-0.2, -0.15) is 0 Å². The molecule has 0 bridgehead atoms. The van der Waals surface area contributed by atoms with E-state index in [4.69, 9.17) is 9.72 Å². The maximum Gasteiger partial charge on any atom is 0.161 e. The van der Waals surface area contributed by atoms with Crippen molar-refractivity contribution in [2.24, 2.45) is 0 Å². The number of anilines is 2. The topological polar surface area (TPSA) is 44.7 Å². The van der Waals surface area contributed by atoms with Crippen LogP contribution in [0.1, 0.15) is 5.56 Å². The first kappa shape index (κ1) is 17.2. The minimum absolute atomic E-state index is 0.810. The van der Waals surface area contributed by atoms with Gasteiger partial charge in [0.1, 0.15) is 5.82 Å². The summed E-state index contributed by atoms with van der Waals surface area (Å²) >= 11 is 0. The Kier molecular flexibility index (Phi) is 5.04. The van der Waals surface area contributed by atoms with Gasteiger partial charge in [0.15, 0.2) is 5.82 Å². The van der Waals surface area contributed by atoms with E-state index in [-0.39, 0.29) is 0 Å². The Balaban J connectivity index is 1.42. The van der Waals surface area contributed by atoms with Crippen LogP contribution in [0.5, 0.6) is 0 Å². The highest BCUT2D eigenvalue weighted by atomic mass is 16.5. The molecule has 0 unspecified atom stereocenters. The highest BCUT2D eigenvalue weighted by Crippen LogP contribution is 2.27. The first-order valence-corrected chi connectivity index (χ1v) is 9.38. The van der Waals surface area contributed by atoms with E-state index < -0.39 is 0 Å². The molecule has 1 aromatic carbocycles. The maximum absolute atomic E-state index is 5.18. The summed E-state index contributed by atoms with van der Waals surface area (Å²) < 4.78 is 5.18. The minimum atomic E-state index is 0.810. The highest BCUT2D eigenvalue weighted by molar-refractivity contribution is 5.63. The molecular formula is C20H27N5O. The number of likely N-dealkylation sites (N-methyl/N-ethyl adjacent to an activating group) is 1. The molecule has 138 valence electrons. The first-order valence-electron chi connectivity index (χ1n) is 9.38. The van der Waals surface area contributed by atoms with Crippen LogP contribution in [0.2, 0.25) is 0 Å². The Morgan fingerprint density at radius 2 is 1.81 bits per heavy atom. The molecule has 0 radical (unpaired) electrons. The molecule has 0 aliphatic carbocycles. The third-order valence-corrected chi connectivity index (χ3v) is 5.39. The largest absolute Gasteiger partial charge is 0.383 e. The molecule has 0 atom stereocenters. The lowest BCUT2D eigenvalue weighted by Crippen LogP contribution is -2.47. The van der Waals surface area contributed by atoms with Gasteiger partial charge in [-0.05, 0) is 30.7 Å². The molecule has 2 aliphatic heterocycles. The van der Waals surface area contributed by atoms with Crippen LogP contribution in [0.3, 0.4) is 0 Å². The number of aromatic nitrogens is 2. The van der Waals surface area contributed by atoms with Crippen molar-refractivity contribution < 1.29 is 4.74 Å². The number of hydrogen-bond donors (Lipinski definition) is 0. The van der Waals surface area contributed by atoms with Crippen LogP contribution in [0.4, 0.5) is 11.5 Å². The van der Waals surface area contributed by atoms with E-state index in [1.165, 1.54) is 11.3 Å². The predicted molar refractivity (Wildman–Crippen MR) is 105 cm³/mol. The summed E-state index contributed by atoms with van der Waals surface area (Å²) in [7, 11) is 3.86. The zero-order valence-corrected chi connectivity index (χ0v) is 15.7. The summed E-state index contributed by atoms with van der Waals surface area (Å²) in [5.41, 5.74) is 3.60. The van der Waals surface area contributed by atoms with Crippen LogP contribution in [-0.2, 0) is 11.2 Å². The molecule has 1 saturated heterocycles. The van der Waals surface area contributed by atoms with E-state index in [1.54, 1.807) is 7.11 Å². The second kappa shape index (κ2) is 7.60. The molecule has 6 heteroatoms. The Bertz CT molecular complexity index is 740. The van der Waals surface area contributed by atoms with Crippen molar-refractivity contribution in [3.05, 3.63) is 36.0 Å². The molecule has 0 N–H and O–H groups in total. The monoisotopic (exact) mass is 353 g/mol. The molecule has 2 aromatic rings. The fourth-order valence-corrected chi connectivity index (χ4v) is 3.71. The summed E-state index contributed by atoms with van der Waals surface area (Å²) in [4.78, 5) is 16.5. The summed E-state index contributed by atoms with van der Waals surface area (Å²) in [5.74, 6) is 1.89. The lowest BCUT2D eigenvalue weighted by Gasteiger charge is -2.36. The van der Waals surface area contributed by atoms with Gasteiger partial charge >= 0.3 is 0 Å². The van der Waals surface area contributed by atoms with E-state index in [0.717, 1.165) is 69.5 Å². The smallest absolute Gasteiger partial charge is 0.161 e. The van der Waals surface area contributed by atoms with E-state index >= 15 is 0 Å². The zero-order valence-electron chi connectivity index (χ0n) is 15.7. The minimum Gasteiger partial charge on any atom is -0.383 e. The van der Waals surface area contributed by atoms with Gasteiger partial charge in [0.05, 0.1) is 6.61 Å². The van der Waals surface area contributed by atoms with Gasteiger partial charge in [-0.25, -0.2) is 9.97 Å². The lowest BCUT2D eigenvalue weighted by molar-refractivity contribution is 0.144. The lowest BCUT2D eigenvalue weighted by atomic mass is 10.1. The van der Waals surface area contributed by atoms with Crippen LogP contribution in [0.25, 0.3) is 11.4 Å². The van der Waals surface area contributed by atoms with Crippen molar-refractivity contribution in [2.45, 2.75) is 6.42 Å². The maximum atomic E-state index is 5.18. The fraction of sp³-hybridized carbons (Fsp3) is 0.500. The van der Waals surface area contributed by atoms with E-state index in [1.807, 2.05) is 6.20 Å². The van der Waals surface area contributed by atoms with Gasteiger partial charge in [-0.1, -0.05) is 0 Å². The third-order valence-electron chi connectivity index (χ3n) is 5.39.